The number of amides is 4. The van der Waals surface area contributed by atoms with Gasteiger partial charge in [-0.2, -0.15) is 0 Å². The number of aromatic nitrogens is 3. The van der Waals surface area contributed by atoms with Gasteiger partial charge >= 0.3 is 0 Å². The minimum atomic E-state index is -0.777. The second-order valence-electron chi connectivity index (χ2n) is 11.9. The Kier molecular flexibility index (Phi) is 9.80. The van der Waals surface area contributed by atoms with Crippen LogP contribution in [-0.4, -0.2) is 86.6 Å². The number of pyridine rings is 1. The third-order valence-electron chi connectivity index (χ3n) is 8.34. The van der Waals surface area contributed by atoms with Crippen LogP contribution in [0, 0.1) is 18.7 Å². The van der Waals surface area contributed by atoms with Crippen LogP contribution in [-0.2, 0) is 16.0 Å². The summed E-state index contributed by atoms with van der Waals surface area (Å²) in [6.45, 7) is 5.98. The van der Waals surface area contributed by atoms with Gasteiger partial charge in [0.1, 0.15) is 11.9 Å². The van der Waals surface area contributed by atoms with Gasteiger partial charge in [0.25, 0.3) is 11.8 Å². The molecule has 4 heterocycles. The standard InChI is InChI=1S/C33H38FN7O4/c1-20(2)27-18-40(32(44)25-17-37-30(38-21(25)3)23-8-5-12-35-16-23)19-29(42)36-13-4-7-22-10-11-26(34)24(15-22)33(45)41-14-6-9-28(41)31(43)39-27/h5,8,10-12,15-17,20,27-28H,4,6-7,9,13-14,18-19H2,1-3H3,(H,36,42)(H,39,43)/t27-,28-/m0/s1. The van der Waals surface area contributed by atoms with Crippen LogP contribution in [0.15, 0.2) is 48.9 Å². The minimum absolute atomic E-state index is 0.0372. The topological polar surface area (TPSA) is 137 Å². The number of carbonyl (C=O) groups is 4. The summed E-state index contributed by atoms with van der Waals surface area (Å²) in [5.41, 5.74) is 2.07. The van der Waals surface area contributed by atoms with E-state index in [0.717, 1.165) is 5.56 Å². The molecule has 0 unspecified atom stereocenters. The molecule has 1 saturated heterocycles. The Morgan fingerprint density at radius 3 is 2.67 bits per heavy atom. The van der Waals surface area contributed by atoms with Gasteiger partial charge in [0.15, 0.2) is 5.82 Å². The van der Waals surface area contributed by atoms with E-state index in [1.807, 2.05) is 19.9 Å². The monoisotopic (exact) mass is 615 g/mol. The van der Waals surface area contributed by atoms with Crippen molar-refractivity contribution in [3.63, 3.8) is 0 Å². The summed E-state index contributed by atoms with van der Waals surface area (Å²) in [6, 6.07) is 6.70. The number of rotatable bonds is 3. The van der Waals surface area contributed by atoms with Gasteiger partial charge in [0.2, 0.25) is 11.8 Å². The molecule has 5 rings (SSSR count). The number of carbonyl (C=O) groups excluding carboxylic acids is 4. The lowest BCUT2D eigenvalue weighted by atomic mass is 10.0. The fourth-order valence-electron chi connectivity index (χ4n) is 5.72. The molecule has 0 spiro atoms. The lowest BCUT2D eigenvalue weighted by molar-refractivity contribution is -0.126. The predicted molar refractivity (Wildman–Crippen MR) is 164 cm³/mol. The number of nitrogens with zero attached hydrogens (tertiary/aromatic N) is 5. The highest BCUT2D eigenvalue weighted by molar-refractivity contribution is 5.99. The van der Waals surface area contributed by atoms with E-state index >= 15 is 0 Å². The van der Waals surface area contributed by atoms with Gasteiger partial charge in [-0.3, -0.25) is 24.2 Å². The van der Waals surface area contributed by atoms with Crippen molar-refractivity contribution in [3.8, 4) is 11.4 Å². The quantitative estimate of drug-likeness (QED) is 0.462. The van der Waals surface area contributed by atoms with Crippen molar-refractivity contribution in [3.05, 3.63) is 77.1 Å². The molecule has 2 bridgehead atoms. The van der Waals surface area contributed by atoms with Crippen LogP contribution in [0.1, 0.15) is 65.1 Å². The fourth-order valence-corrected chi connectivity index (χ4v) is 5.72. The molecule has 2 atom stereocenters. The first-order valence-electron chi connectivity index (χ1n) is 15.3. The zero-order valence-electron chi connectivity index (χ0n) is 25.8. The predicted octanol–water partition coefficient (Wildman–Crippen LogP) is 2.94. The van der Waals surface area contributed by atoms with Crippen molar-refractivity contribution in [1.29, 1.82) is 0 Å². The van der Waals surface area contributed by atoms with Crippen LogP contribution in [0.25, 0.3) is 11.4 Å². The lowest BCUT2D eigenvalue weighted by Gasteiger charge is -2.32. The van der Waals surface area contributed by atoms with Gasteiger partial charge in [-0.15, -0.1) is 0 Å². The van der Waals surface area contributed by atoms with Crippen LogP contribution in [0.5, 0.6) is 0 Å². The van der Waals surface area contributed by atoms with Gasteiger partial charge in [-0.05, 0) is 68.4 Å². The molecule has 0 aliphatic carbocycles. The maximum Gasteiger partial charge on any atom is 0.257 e. The molecule has 0 radical (unpaired) electrons. The van der Waals surface area contributed by atoms with E-state index in [-0.39, 0.29) is 41.9 Å². The third kappa shape index (κ3) is 7.33. The molecule has 3 aromatic rings. The Bertz CT molecular complexity index is 1580. The number of benzene rings is 1. The molecular formula is C33H38FN7O4. The molecule has 1 aromatic carbocycles. The van der Waals surface area contributed by atoms with E-state index in [1.54, 1.807) is 31.5 Å². The summed E-state index contributed by atoms with van der Waals surface area (Å²) in [4.78, 5) is 70.1. The van der Waals surface area contributed by atoms with Crippen molar-refractivity contribution >= 4 is 23.6 Å². The van der Waals surface area contributed by atoms with Gasteiger partial charge in [-0.25, -0.2) is 14.4 Å². The normalized spacial score (nSPS) is 20.0. The van der Waals surface area contributed by atoms with Gasteiger partial charge < -0.3 is 20.4 Å². The maximum absolute atomic E-state index is 14.8. The number of hydrogen-bond donors (Lipinski definition) is 2. The molecule has 11 nitrogen and oxygen atoms in total. The second kappa shape index (κ2) is 13.9. The summed E-state index contributed by atoms with van der Waals surface area (Å²) in [5, 5.41) is 5.89. The number of fused-ring (bicyclic) bond motifs is 3. The third-order valence-corrected chi connectivity index (χ3v) is 8.34. The van der Waals surface area contributed by atoms with Crippen LogP contribution in [0.3, 0.4) is 0 Å². The number of nitrogens with one attached hydrogen (secondary N) is 2. The van der Waals surface area contributed by atoms with E-state index in [4.69, 9.17) is 0 Å². The SMILES string of the molecule is Cc1nc(-c2cccnc2)ncc1C(=O)N1CC(=O)NCCCc2ccc(F)c(c2)C(=O)N2CCC[C@H]2C(=O)N[C@H](C(C)C)C1. The van der Waals surface area contributed by atoms with E-state index in [1.165, 1.54) is 28.1 Å². The molecule has 45 heavy (non-hydrogen) atoms. The zero-order chi connectivity index (χ0) is 32.1. The fraction of sp³-hybridized carbons (Fsp3) is 0.424. The summed E-state index contributed by atoms with van der Waals surface area (Å²) in [6.07, 6.45) is 6.83. The van der Waals surface area contributed by atoms with Gasteiger partial charge in [0.05, 0.1) is 23.4 Å². The largest absolute Gasteiger partial charge is 0.355 e. The summed E-state index contributed by atoms with van der Waals surface area (Å²) < 4.78 is 14.8. The Morgan fingerprint density at radius 1 is 1.11 bits per heavy atom. The Balaban J connectivity index is 1.44. The molecule has 2 aromatic heterocycles. The summed E-state index contributed by atoms with van der Waals surface area (Å²) in [5.74, 6) is -2.04. The Morgan fingerprint density at radius 2 is 1.93 bits per heavy atom. The van der Waals surface area contributed by atoms with Crippen LogP contribution < -0.4 is 10.6 Å². The molecular weight excluding hydrogens is 577 g/mol. The Labute approximate surface area is 261 Å². The van der Waals surface area contributed by atoms with Crippen molar-refractivity contribution in [2.45, 2.75) is 58.5 Å². The molecule has 2 N–H and O–H groups in total. The molecule has 1 fully saturated rings. The van der Waals surface area contributed by atoms with Crippen LogP contribution in [0.2, 0.25) is 0 Å². The van der Waals surface area contributed by atoms with E-state index in [9.17, 15) is 23.6 Å². The van der Waals surface area contributed by atoms with Crippen molar-refractivity contribution in [1.82, 2.24) is 35.4 Å². The van der Waals surface area contributed by atoms with Crippen LogP contribution >= 0.6 is 0 Å². The minimum Gasteiger partial charge on any atom is -0.355 e. The molecule has 2 aliphatic heterocycles. The van der Waals surface area contributed by atoms with E-state index in [2.05, 4.69) is 25.6 Å². The highest BCUT2D eigenvalue weighted by atomic mass is 19.1. The summed E-state index contributed by atoms with van der Waals surface area (Å²) in [7, 11) is 0. The smallest absolute Gasteiger partial charge is 0.257 e. The van der Waals surface area contributed by atoms with E-state index in [0.29, 0.717) is 55.9 Å². The van der Waals surface area contributed by atoms with Crippen LogP contribution in [0.4, 0.5) is 4.39 Å². The average Bonchev–Trinajstić information content (AvgIpc) is 3.53. The molecule has 12 heteroatoms. The Hall–Kier alpha value is -4.74. The molecule has 236 valence electrons. The molecule has 4 amide bonds. The molecule has 2 aliphatic rings. The first kappa shape index (κ1) is 31.7. The maximum atomic E-state index is 14.8. The van der Waals surface area contributed by atoms with Crippen molar-refractivity contribution < 1.29 is 23.6 Å². The number of hydrogen-bond acceptors (Lipinski definition) is 7. The first-order valence-corrected chi connectivity index (χ1v) is 15.3. The summed E-state index contributed by atoms with van der Waals surface area (Å²) >= 11 is 0. The number of aryl methyl sites for hydroxylation is 2. The average molecular weight is 616 g/mol. The molecule has 0 saturated carbocycles. The highest BCUT2D eigenvalue weighted by Crippen LogP contribution is 2.24. The second-order valence-corrected chi connectivity index (χ2v) is 11.9. The van der Waals surface area contributed by atoms with Gasteiger partial charge in [0, 0.05) is 49.8 Å². The van der Waals surface area contributed by atoms with Crippen molar-refractivity contribution in [2.75, 3.05) is 26.2 Å². The lowest BCUT2D eigenvalue weighted by Crippen LogP contribution is -2.55. The highest BCUT2D eigenvalue weighted by Gasteiger charge is 2.37. The van der Waals surface area contributed by atoms with Gasteiger partial charge in [-0.1, -0.05) is 19.9 Å². The zero-order valence-corrected chi connectivity index (χ0v) is 25.8. The number of halogens is 1. The van der Waals surface area contributed by atoms with Crippen molar-refractivity contribution in [2.24, 2.45) is 5.92 Å². The first-order chi connectivity index (χ1) is 21.6. The van der Waals surface area contributed by atoms with E-state index < -0.39 is 29.7 Å².